The van der Waals surface area contributed by atoms with Crippen molar-refractivity contribution < 1.29 is 14.3 Å². The lowest BCUT2D eigenvalue weighted by molar-refractivity contribution is -0.129. The van der Waals surface area contributed by atoms with E-state index in [4.69, 9.17) is 9.47 Å². The molecule has 0 aromatic heterocycles. The van der Waals surface area contributed by atoms with Gasteiger partial charge in [0.15, 0.2) is 0 Å². The van der Waals surface area contributed by atoms with Crippen LogP contribution in [0.1, 0.15) is 30.0 Å². The standard InChI is InChI=1S/C21H25NO3/c1-15-7-4-9-18-10-6-12-22(20(15)18)21(23)16(2)25-14-17-8-5-11-19(13-17)24-3/h4-5,7-9,11,13,16H,6,10,12,14H2,1-3H3. The van der Waals surface area contributed by atoms with Crippen LogP contribution in [-0.2, 0) is 22.6 Å². The molecule has 1 unspecified atom stereocenters. The first kappa shape index (κ1) is 17.5. The van der Waals surface area contributed by atoms with Crippen molar-refractivity contribution in [3.05, 3.63) is 59.2 Å². The number of fused-ring (bicyclic) bond motifs is 1. The van der Waals surface area contributed by atoms with E-state index in [1.807, 2.05) is 36.1 Å². The number of methoxy groups -OCH3 is 1. The van der Waals surface area contributed by atoms with Gasteiger partial charge in [0.1, 0.15) is 11.9 Å². The number of amides is 1. The normalized spacial score (nSPS) is 14.8. The minimum atomic E-state index is -0.489. The van der Waals surface area contributed by atoms with Gasteiger partial charge in [-0.25, -0.2) is 0 Å². The fourth-order valence-electron chi connectivity index (χ4n) is 3.34. The van der Waals surface area contributed by atoms with Gasteiger partial charge in [-0.05, 0) is 55.5 Å². The zero-order chi connectivity index (χ0) is 17.8. The van der Waals surface area contributed by atoms with E-state index in [1.165, 1.54) is 5.56 Å². The summed E-state index contributed by atoms with van der Waals surface area (Å²) in [6.45, 7) is 5.03. The molecule has 1 heterocycles. The van der Waals surface area contributed by atoms with Gasteiger partial charge in [0.05, 0.1) is 13.7 Å². The maximum atomic E-state index is 12.9. The SMILES string of the molecule is COc1cccc(COC(C)C(=O)N2CCCc3cccc(C)c32)c1. The van der Waals surface area contributed by atoms with Crippen molar-refractivity contribution in [3.63, 3.8) is 0 Å². The predicted molar refractivity (Wildman–Crippen MR) is 99.1 cm³/mol. The van der Waals surface area contributed by atoms with Gasteiger partial charge < -0.3 is 14.4 Å². The van der Waals surface area contributed by atoms with Crippen molar-refractivity contribution >= 4 is 11.6 Å². The smallest absolute Gasteiger partial charge is 0.255 e. The van der Waals surface area contributed by atoms with Crippen molar-refractivity contribution in [2.45, 2.75) is 39.4 Å². The molecular formula is C21H25NO3. The number of benzene rings is 2. The number of rotatable bonds is 5. The Balaban J connectivity index is 1.69. The van der Waals surface area contributed by atoms with E-state index in [0.717, 1.165) is 42.0 Å². The summed E-state index contributed by atoms with van der Waals surface area (Å²) >= 11 is 0. The highest BCUT2D eigenvalue weighted by Gasteiger charge is 2.27. The zero-order valence-electron chi connectivity index (χ0n) is 15.1. The molecule has 0 fully saturated rings. The molecule has 1 atom stereocenters. The Labute approximate surface area is 149 Å². The van der Waals surface area contributed by atoms with E-state index in [2.05, 4.69) is 25.1 Å². The van der Waals surface area contributed by atoms with Gasteiger partial charge in [-0.15, -0.1) is 0 Å². The summed E-state index contributed by atoms with van der Waals surface area (Å²) < 4.78 is 11.1. The van der Waals surface area contributed by atoms with Crippen molar-refractivity contribution in [3.8, 4) is 5.75 Å². The van der Waals surface area contributed by atoms with E-state index in [-0.39, 0.29) is 5.91 Å². The summed E-state index contributed by atoms with van der Waals surface area (Å²) in [6.07, 6.45) is 1.53. The Morgan fingerprint density at radius 1 is 1.24 bits per heavy atom. The molecule has 2 aromatic carbocycles. The van der Waals surface area contributed by atoms with Crippen LogP contribution in [0.2, 0.25) is 0 Å². The molecule has 0 radical (unpaired) electrons. The number of hydrogen-bond donors (Lipinski definition) is 0. The van der Waals surface area contributed by atoms with Crippen LogP contribution >= 0.6 is 0 Å². The molecule has 3 rings (SSSR count). The van der Waals surface area contributed by atoms with Gasteiger partial charge in [-0.1, -0.05) is 30.3 Å². The van der Waals surface area contributed by atoms with E-state index in [9.17, 15) is 4.79 Å². The van der Waals surface area contributed by atoms with Crippen LogP contribution in [0.25, 0.3) is 0 Å². The van der Waals surface area contributed by atoms with E-state index >= 15 is 0 Å². The molecule has 4 nitrogen and oxygen atoms in total. The molecular weight excluding hydrogens is 314 g/mol. The fourth-order valence-corrected chi connectivity index (χ4v) is 3.34. The third kappa shape index (κ3) is 3.85. The average molecular weight is 339 g/mol. The van der Waals surface area contributed by atoms with Gasteiger partial charge in [-0.2, -0.15) is 0 Å². The molecule has 0 aliphatic carbocycles. The highest BCUT2D eigenvalue weighted by Crippen LogP contribution is 2.31. The van der Waals surface area contributed by atoms with Crippen LogP contribution in [0.4, 0.5) is 5.69 Å². The number of carbonyl (C=O) groups is 1. The summed E-state index contributed by atoms with van der Waals surface area (Å²) in [5, 5.41) is 0. The molecule has 0 bridgehead atoms. The van der Waals surface area contributed by atoms with Crippen LogP contribution in [-0.4, -0.2) is 25.7 Å². The first-order valence-electron chi connectivity index (χ1n) is 8.74. The first-order valence-corrected chi connectivity index (χ1v) is 8.74. The summed E-state index contributed by atoms with van der Waals surface area (Å²) in [6, 6.07) is 14.0. The van der Waals surface area contributed by atoms with Crippen LogP contribution < -0.4 is 9.64 Å². The van der Waals surface area contributed by atoms with Crippen LogP contribution in [0.5, 0.6) is 5.75 Å². The second-order valence-corrected chi connectivity index (χ2v) is 6.48. The fraction of sp³-hybridized carbons (Fsp3) is 0.381. The highest BCUT2D eigenvalue weighted by atomic mass is 16.5. The Kier molecular flexibility index (Phi) is 5.39. The topological polar surface area (TPSA) is 38.8 Å². The number of aryl methyl sites for hydroxylation is 2. The molecule has 1 aliphatic rings. The van der Waals surface area contributed by atoms with Crippen molar-refractivity contribution in [2.24, 2.45) is 0 Å². The summed E-state index contributed by atoms with van der Waals surface area (Å²) in [4.78, 5) is 14.8. The van der Waals surface area contributed by atoms with Gasteiger partial charge in [0, 0.05) is 12.2 Å². The quantitative estimate of drug-likeness (QED) is 0.829. The lowest BCUT2D eigenvalue weighted by atomic mass is 9.98. The van der Waals surface area contributed by atoms with E-state index in [0.29, 0.717) is 6.61 Å². The molecule has 132 valence electrons. The number of para-hydroxylation sites is 1. The number of carbonyl (C=O) groups excluding carboxylic acids is 1. The van der Waals surface area contributed by atoms with Crippen LogP contribution in [0.3, 0.4) is 0 Å². The molecule has 1 amide bonds. The van der Waals surface area contributed by atoms with Gasteiger partial charge >= 0.3 is 0 Å². The molecule has 4 heteroatoms. The Morgan fingerprint density at radius 3 is 2.84 bits per heavy atom. The van der Waals surface area contributed by atoms with Crippen molar-refractivity contribution in [2.75, 3.05) is 18.6 Å². The summed E-state index contributed by atoms with van der Waals surface area (Å²) in [5.74, 6) is 0.818. The zero-order valence-corrected chi connectivity index (χ0v) is 15.1. The maximum Gasteiger partial charge on any atom is 0.255 e. The summed E-state index contributed by atoms with van der Waals surface area (Å²) in [5.41, 5.74) is 4.45. The number of hydrogen-bond acceptors (Lipinski definition) is 3. The average Bonchev–Trinajstić information content (AvgIpc) is 2.65. The second kappa shape index (κ2) is 7.70. The Morgan fingerprint density at radius 2 is 2.04 bits per heavy atom. The van der Waals surface area contributed by atoms with Crippen LogP contribution in [0.15, 0.2) is 42.5 Å². The van der Waals surface area contributed by atoms with Crippen molar-refractivity contribution in [1.29, 1.82) is 0 Å². The second-order valence-electron chi connectivity index (χ2n) is 6.48. The van der Waals surface area contributed by atoms with Crippen LogP contribution in [0, 0.1) is 6.92 Å². The van der Waals surface area contributed by atoms with Gasteiger partial charge in [-0.3, -0.25) is 4.79 Å². The predicted octanol–water partition coefficient (Wildman–Crippen LogP) is 3.89. The van der Waals surface area contributed by atoms with E-state index < -0.39 is 6.10 Å². The molecule has 2 aromatic rings. The Hall–Kier alpha value is -2.33. The largest absolute Gasteiger partial charge is 0.497 e. The summed E-state index contributed by atoms with van der Waals surface area (Å²) in [7, 11) is 1.64. The van der Waals surface area contributed by atoms with Crippen molar-refractivity contribution in [1.82, 2.24) is 0 Å². The number of nitrogens with zero attached hydrogens (tertiary/aromatic N) is 1. The minimum absolute atomic E-state index is 0.0261. The first-order chi connectivity index (χ1) is 12.1. The molecule has 25 heavy (non-hydrogen) atoms. The molecule has 1 aliphatic heterocycles. The highest BCUT2D eigenvalue weighted by molar-refractivity contribution is 5.98. The number of ether oxygens (including phenoxy) is 2. The lowest BCUT2D eigenvalue weighted by Crippen LogP contribution is -2.42. The molecule has 0 saturated heterocycles. The third-order valence-corrected chi connectivity index (χ3v) is 4.67. The number of anilines is 1. The van der Waals surface area contributed by atoms with E-state index in [1.54, 1.807) is 7.11 Å². The third-order valence-electron chi connectivity index (χ3n) is 4.67. The van der Waals surface area contributed by atoms with Gasteiger partial charge in [0.2, 0.25) is 0 Å². The Bertz CT molecular complexity index is 757. The lowest BCUT2D eigenvalue weighted by Gasteiger charge is -2.32. The molecule has 0 spiro atoms. The molecule has 0 N–H and O–H groups in total. The minimum Gasteiger partial charge on any atom is -0.497 e. The monoisotopic (exact) mass is 339 g/mol. The maximum absolute atomic E-state index is 12.9. The van der Waals surface area contributed by atoms with Gasteiger partial charge in [0.25, 0.3) is 5.91 Å². The molecule has 0 saturated carbocycles.